The predicted molar refractivity (Wildman–Crippen MR) is 77.7 cm³/mol. The second kappa shape index (κ2) is 4.75. The standard InChI is InChI=1S/C15H18N2S/c1-11-2-3-12(8-14(11)16)9-17-6-4-15-13(10-17)5-7-18-15/h2-3,5,7-8H,4,6,9-10,16H2,1H3. The van der Waals surface area contributed by atoms with Gasteiger partial charge >= 0.3 is 0 Å². The second-order valence-corrected chi connectivity index (χ2v) is 6.02. The minimum Gasteiger partial charge on any atom is -0.399 e. The Bertz CT molecular complexity index is 559. The number of thiophene rings is 1. The van der Waals surface area contributed by atoms with Crippen LogP contribution < -0.4 is 5.73 Å². The number of nitrogen functional groups attached to an aromatic ring is 1. The minimum atomic E-state index is 0.903. The van der Waals surface area contributed by atoms with Crippen molar-refractivity contribution in [2.75, 3.05) is 12.3 Å². The molecule has 1 aromatic heterocycles. The summed E-state index contributed by atoms with van der Waals surface area (Å²) in [6.45, 7) is 5.28. The number of hydrogen-bond acceptors (Lipinski definition) is 3. The molecule has 2 N–H and O–H groups in total. The van der Waals surface area contributed by atoms with Gasteiger partial charge in [-0.2, -0.15) is 0 Å². The highest BCUT2D eigenvalue weighted by atomic mass is 32.1. The number of hydrogen-bond donors (Lipinski definition) is 1. The SMILES string of the molecule is Cc1ccc(CN2CCc3sccc3C2)cc1N. The Hall–Kier alpha value is -1.32. The highest BCUT2D eigenvalue weighted by Gasteiger charge is 2.17. The first kappa shape index (κ1) is 11.8. The number of benzene rings is 1. The van der Waals surface area contributed by atoms with Crippen LogP contribution in [0.4, 0.5) is 5.69 Å². The van der Waals surface area contributed by atoms with Gasteiger partial charge in [0.15, 0.2) is 0 Å². The summed E-state index contributed by atoms with van der Waals surface area (Å²) in [6.07, 6.45) is 1.19. The van der Waals surface area contributed by atoms with E-state index in [1.807, 2.05) is 11.3 Å². The molecular weight excluding hydrogens is 240 g/mol. The molecule has 0 spiro atoms. The van der Waals surface area contributed by atoms with Gasteiger partial charge in [-0.25, -0.2) is 0 Å². The van der Waals surface area contributed by atoms with Gasteiger partial charge in [-0.15, -0.1) is 11.3 Å². The average Bonchev–Trinajstić information content (AvgIpc) is 2.81. The lowest BCUT2D eigenvalue weighted by Crippen LogP contribution is -2.29. The lowest BCUT2D eigenvalue weighted by molar-refractivity contribution is 0.247. The molecular formula is C15H18N2S. The fraction of sp³-hybridized carbons (Fsp3) is 0.333. The first-order chi connectivity index (χ1) is 8.72. The van der Waals surface area contributed by atoms with E-state index in [2.05, 4.69) is 41.5 Å². The van der Waals surface area contributed by atoms with Crippen LogP contribution in [0.2, 0.25) is 0 Å². The van der Waals surface area contributed by atoms with E-state index in [1.165, 1.54) is 17.5 Å². The molecule has 0 saturated carbocycles. The highest BCUT2D eigenvalue weighted by molar-refractivity contribution is 7.10. The molecule has 0 aliphatic carbocycles. The zero-order valence-electron chi connectivity index (χ0n) is 10.6. The summed E-state index contributed by atoms with van der Waals surface area (Å²) in [7, 11) is 0. The van der Waals surface area contributed by atoms with Gasteiger partial charge in [0.2, 0.25) is 0 Å². The summed E-state index contributed by atoms with van der Waals surface area (Å²) < 4.78 is 0. The number of fused-ring (bicyclic) bond motifs is 1. The lowest BCUT2D eigenvalue weighted by atomic mass is 10.1. The Kier molecular flexibility index (Phi) is 3.10. The van der Waals surface area contributed by atoms with E-state index < -0.39 is 0 Å². The molecule has 94 valence electrons. The van der Waals surface area contributed by atoms with Crippen LogP contribution in [-0.4, -0.2) is 11.4 Å². The number of aryl methyl sites for hydroxylation is 1. The molecule has 0 fully saturated rings. The van der Waals surface area contributed by atoms with E-state index >= 15 is 0 Å². The van der Waals surface area contributed by atoms with Crippen LogP contribution in [-0.2, 0) is 19.5 Å². The van der Waals surface area contributed by atoms with Crippen molar-refractivity contribution in [3.63, 3.8) is 0 Å². The maximum Gasteiger partial charge on any atom is 0.0346 e. The molecule has 1 aromatic carbocycles. The molecule has 3 heteroatoms. The van der Waals surface area contributed by atoms with Crippen molar-refractivity contribution in [1.29, 1.82) is 0 Å². The van der Waals surface area contributed by atoms with Crippen LogP contribution >= 0.6 is 11.3 Å². The molecule has 3 rings (SSSR count). The third-order valence-electron chi connectivity index (χ3n) is 3.64. The van der Waals surface area contributed by atoms with Crippen molar-refractivity contribution in [1.82, 2.24) is 4.90 Å². The van der Waals surface area contributed by atoms with Crippen molar-refractivity contribution < 1.29 is 0 Å². The number of anilines is 1. The van der Waals surface area contributed by atoms with Gasteiger partial charge in [0.1, 0.15) is 0 Å². The monoisotopic (exact) mass is 258 g/mol. The number of nitrogens with zero attached hydrogens (tertiary/aromatic N) is 1. The normalized spacial score (nSPS) is 15.6. The van der Waals surface area contributed by atoms with Crippen LogP contribution in [0.15, 0.2) is 29.6 Å². The summed E-state index contributed by atoms with van der Waals surface area (Å²) in [5.41, 5.74) is 10.9. The van der Waals surface area contributed by atoms with Crippen molar-refractivity contribution in [3.05, 3.63) is 51.2 Å². The lowest BCUT2D eigenvalue weighted by Gasteiger charge is -2.27. The largest absolute Gasteiger partial charge is 0.399 e. The van der Waals surface area contributed by atoms with Crippen LogP contribution in [0, 0.1) is 6.92 Å². The maximum absolute atomic E-state index is 5.97. The topological polar surface area (TPSA) is 29.3 Å². The van der Waals surface area contributed by atoms with Gasteiger partial charge in [-0.05, 0) is 47.5 Å². The molecule has 0 atom stereocenters. The van der Waals surface area contributed by atoms with Crippen molar-refractivity contribution >= 4 is 17.0 Å². The zero-order valence-corrected chi connectivity index (χ0v) is 11.5. The summed E-state index contributed by atoms with van der Waals surface area (Å²) in [4.78, 5) is 4.06. The Morgan fingerprint density at radius 2 is 2.22 bits per heavy atom. The van der Waals surface area contributed by atoms with E-state index in [9.17, 15) is 0 Å². The Labute approximate surface area is 112 Å². The maximum atomic E-state index is 5.97. The summed E-state index contributed by atoms with van der Waals surface area (Å²) in [6, 6.07) is 8.67. The molecule has 2 nitrogen and oxygen atoms in total. The third-order valence-corrected chi connectivity index (χ3v) is 4.66. The molecule has 0 amide bonds. The summed E-state index contributed by atoms with van der Waals surface area (Å²) >= 11 is 1.89. The first-order valence-electron chi connectivity index (χ1n) is 6.35. The fourth-order valence-corrected chi connectivity index (χ4v) is 3.38. The van der Waals surface area contributed by atoms with Crippen molar-refractivity contribution in [2.24, 2.45) is 0 Å². The average molecular weight is 258 g/mol. The zero-order chi connectivity index (χ0) is 12.5. The molecule has 1 aliphatic rings. The van der Waals surface area contributed by atoms with Crippen LogP contribution in [0.25, 0.3) is 0 Å². The van der Waals surface area contributed by atoms with E-state index in [0.29, 0.717) is 0 Å². The van der Waals surface area contributed by atoms with Gasteiger partial charge < -0.3 is 5.73 Å². The van der Waals surface area contributed by atoms with Gasteiger partial charge in [0, 0.05) is 30.2 Å². The Morgan fingerprint density at radius 1 is 1.33 bits per heavy atom. The van der Waals surface area contributed by atoms with Gasteiger partial charge in [-0.3, -0.25) is 4.90 Å². The quantitative estimate of drug-likeness (QED) is 0.838. The molecule has 1 aliphatic heterocycles. The third kappa shape index (κ3) is 2.28. The van der Waals surface area contributed by atoms with Crippen LogP contribution in [0.5, 0.6) is 0 Å². The summed E-state index contributed by atoms with van der Waals surface area (Å²) in [5, 5.41) is 2.21. The Balaban J connectivity index is 1.72. The molecule has 0 bridgehead atoms. The van der Waals surface area contributed by atoms with Crippen molar-refractivity contribution in [2.45, 2.75) is 26.4 Å². The smallest absolute Gasteiger partial charge is 0.0346 e. The molecule has 0 unspecified atom stereocenters. The number of nitrogens with two attached hydrogens (primary N) is 1. The molecule has 2 heterocycles. The van der Waals surface area contributed by atoms with Gasteiger partial charge in [0.25, 0.3) is 0 Å². The molecule has 0 radical (unpaired) electrons. The van der Waals surface area contributed by atoms with Crippen LogP contribution in [0.3, 0.4) is 0 Å². The molecule has 2 aromatic rings. The van der Waals surface area contributed by atoms with E-state index in [4.69, 9.17) is 5.73 Å². The second-order valence-electron chi connectivity index (χ2n) is 5.02. The van der Waals surface area contributed by atoms with Crippen molar-refractivity contribution in [3.8, 4) is 0 Å². The van der Waals surface area contributed by atoms with Gasteiger partial charge in [0.05, 0.1) is 0 Å². The molecule has 18 heavy (non-hydrogen) atoms. The highest BCUT2D eigenvalue weighted by Crippen LogP contribution is 2.25. The minimum absolute atomic E-state index is 0.903. The van der Waals surface area contributed by atoms with E-state index in [0.717, 1.165) is 30.9 Å². The predicted octanol–water partition coefficient (Wildman–Crippen LogP) is 3.20. The van der Waals surface area contributed by atoms with Gasteiger partial charge in [-0.1, -0.05) is 12.1 Å². The number of rotatable bonds is 2. The Morgan fingerprint density at radius 3 is 3.06 bits per heavy atom. The fourth-order valence-electron chi connectivity index (χ4n) is 2.49. The first-order valence-corrected chi connectivity index (χ1v) is 7.23. The van der Waals surface area contributed by atoms with E-state index in [-0.39, 0.29) is 0 Å². The van der Waals surface area contributed by atoms with E-state index in [1.54, 1.807) is 4.88 Å². The summed E-state index contributed by atoms with van der Waals surface area (Å²) in [5.74, 6) is 0. The molecule has 0 saturated heterocycles. The van der Waals surface area contributed by atoms with Crippen LogP contribution in [0.1, 0.15) is 21.6 Å².